The number of guanidine groups is 1. The van der Waals surface area contributed by atoms with Crippen LogP contribution in [0.3, 0.4) is 0 Å². The summed E-state index contributed by atoms with van der Waals surface area (Å²) in [6.07, 6.45) is 0. The Morgan fingerprint density at radius 1 is 1.33 bits per heavy atom. The Bertz CT molecular complexity index is 194. The predicted molar refractivity (Wildman–Crippen MR) is 50.9 cm³/mol. The van der Waals surface area contributed by atoms with Crippen molar-refractivity contribution in [3.05, 3.63) is 0 Å². The molecule has 0 aliphatic carbocycles. The number of aliphatic imine (C=N–C) groups is 1. The van der Waals surface area contributed by atoms with Crippen molar-refractivity contribution in [1.29, 1.82) is 0 Å². The summed E-state index contributed by atoms with van der Waals surface area (Å²) in [6.45, 7) is 8.20. The highest BCUT2D eigenvalue weighted by Gasteiger charge is 2.47. The largest absolute Gasteiger partial charge is 0.370 e. The Morgan fingerprint density at radius 2 is 1.83 bits per heavy atom. The van der Waals surface area contributed by atoms with Crippen LogP contribution < -0.4 is 16.8 Å². The van der Waals surface area contributed by atoms with Crippen LogP contribution in [0.15, 0.2) is 4.99 Å². The van der Waals surface area contributed by atoms with Gasteiger partial charge >= 0.3 is 0 Å². The van der Waals surface area contributed by atoms with E-state index >= 15 is 0 Å². The fraction of sp³-hybridized carbons (Fsp3) is 0.875. The minimum absolute atomic E-state index is 0.0914. The summed E-state index contributed by atoms with van der Waals surface area (Å²) in [6, 6.07) is 0. The van der Waals surface area contributed by atoms with Crippen LogP contribution in [0, 0.1) is 5.41 Å². The Balaban J connectivity index is 2.84. The van der Waals surface area contributed by atoms with Crippen LogP contribution in [0.2, 0.25) is 0 Å². The second kappa shape index (κ2) is 2.62. The summed E-state index contributed by atoms with van der Waals surface area (Å²) < 4.78 is 0. The van der Waals surface area contributed by atoms with Crippen molar-refractivity contribution in [2.75, 3.05) is 13.1 Å². The number of hydrogen-bond acceptors (Lipinski definition) is 2. The molecular formula is C8H18N4. The van der Waals surface area contributed by atoms with Crippen LogP contribution in [0.4, 0.5) is 0 Å². The average molecular weight is 170 g/mol. The van der Waals surface area contributed by atoms with Crippen molar-refractivity contribution in [3.8, 4) is 0 Å². The van der Waals surface area contributed by atoms with Gasteiger partial charge in [0.15, 0.2) is 5.96 Å². The quantitative estimate of drug-likeness (QED) is 0.372. The van der Waals surface area contributed by atoms with Crippen molar-refractivity contribution < 1.29 is 0 Å². The van der Waals surface area contributed by atoms with Crippen molar-refractivity contribution in [2.45, 2.75) is 26.3 Å². The van der Waals surface area contributed by atoms with Crippen molar-refractivity contribution in [1.82, 2.24) is 5.32 Å². The molecule has 1 aliphatic heterocycles. The zero-order valence-corrected chi connectivity index (χ0v) is 8.02. The molecule has 70 valence electrons. The van der Waals surface area contributed by atoms with E-state index in [0.29, 0.717) is 0 Å². The number of nitrogens with two attached hydrogens (primary N) is 2. The van der Waals surface area contributed by atoms with Gasteiger partial charge in [-0.15, -0.1) is 0 Å². The molecule has 0 saturated carbocycles. The maximum Gasteiger partial charge on any atom is 0.186 e. The highest BCUT2D eigenvalue weighted by atomic mass is 15.2. The van der Waals surface area contributed by atoms with Gasteiger partial charge < -0.3 is 16.8 Å². The molecule has 0 spiro atoms. The van der Waals surface area contributed by atoms with Gasteiger partial charge in [0.25, 0.3) is 0 Å². The van der Waals surface area contributed by atoms with E-state index in [0.717, 1.165) is 13.1 Å². The second-order valence-corrected chi connectivity index (χ2v) is 4.42. The van der Waals surface area contributed by atoms with Crippen LogP contribution in [-0.2, 0) is 0 Å². The Kier molecular flexibility index (Phi) is 2.04. The van der Waals surface area contributed by atoms with Crippen LogP contribution >= 0.6 is 0 Å². The van der Waals surface area contributed by atoms with Crippen molar-refractivity contribution in [3.63, 3.8) is 0 Å². The first-order valence-electron chi connectivity index (χ1n) is 4.19. The monoisotopic (exact) mass is 170 g/mol. The molecule has 1 saturated heterocycles. The lowest BCUT2D eigenvalue weighted by Gasteiger charge is -2.48. The lowest BCUT2D eigenvalue weighted by molar-refractivity contribution is 0.121. The average Bonchev–Trinajstić information content (AvgIpc) is 1.74. The zero-order valence-electron chi connectivity index (χ0n) is 8.02. The van der Waals surface area contributed by atoms with Crippen molar-refractivity contribution in [2.24, 2.45) is 21.9 Å². The van der Waals surface area contributed by atoms with Crippen LogP contribution in [0.25, 0.3) is 0 Å². The molecule has 12 heavy (non-hydrogen) atoms. The second-order valence-electron chi connectivity index (χ2n) is 4.42. The first-order chi connectivity index (χ1) is 5.37. The van der Waals surface area contributed by atoms with Crippen LogP contribution in [0.5, 0.6) is 0 Å². The maximum atomic E-state index is 5.38. The number of rotatable bonds is 1. The molecule has 1 fully saturated rings. The fourth-order valence-corrected chi connectivity index (χ4v) is 1.39. The van der Waals surface area contributed by atoms with Gasteiger partial charge in [-0.05, 0) is 5.41 Å². The molecule has 1 aliphatic rings. The van der Waals surface area contributed by atoms with E-state index in [1.54, 1.807) is 0 Å². The third-order valence-electron chi connectivity index (χ3n) is 2.57. The normalized spacial score (nSPS) is 21.2. The maximum absolute atomic E-state index is 5.38. The molecule has 4 heteroatoms. The molecular weight excluding hydrogens is 152 g/mol. The Labute approximate surface area is 73.4 Å². The Hall–Kier alpha value is -0.770. The summed E-state index contributed by atoms with van der Waals surface area (Å²) in [4.78, 5) is 4.30. The smallest absolute Gasteiger partial charge is 0.186 e. The van der Waals surface area contributed by atoms with Gasteiger partial charge in [0.2, 0.25) is 0 Å². The molecule has 0 aromatic rings. The zero-order chi connectivity index (χ0) is 9.41. The summed E-state index contributed by atoms with van der Waals surface area (Å²) in [5.41, 5.74) is 10.8. The Morgan fingerprint density at radius 3 is 1.92 bits per heavy atom. The third-order valence-corrected chi connectivity index (χ3v) is 2.57. The highest BCUT2D eigenvalue weighted by Crippen LogP contribution is 2.36. The van der Waals surface area contributed by atoms with Gasteiger partial charge in [0.05, 0.1) is 5.54 Å². The number of nitrogens with one attached hydrogen (secondary N) is 1. The molecule has 0 bridgehead atoms. The van der Waals surface area contributed by atoms with E-state index in [2.05, 4.69) is 31.1 Å². The molecule has 4 nitrogen and oxygen atoms in total. The van der Waals surface area contributed by atoms with E-state index in [1.807, 2.05) is 0 Å². The number of nitrogens with zero attached hydrogens (tertiary/aromatic N) is 1. The molecule has 0 aromatic heterocycles. The fourth-order valence-electron chi connectivity index (χ4n) is 1.39. The molecule has 0 radical (unpaired) electrons. The third kappa shape index (κ3) is 1.39. The van der Waals surface area contributed by atoms with E-state index in [-0.39, 0.29) is 16.9 Å². The first kappa shape index (κ1) is 9.32. The molecule has 1 rings (SSSR count). The molecule has 5 N–H and O–H groups in total. The summed E-state index contributed by atoms with van der Waals surface area (Å²) >= 11 is 0. The standard InChI is InChI=1S/C8H18N4/c1-7(2,3)8(4-11-5-8)12-6(9)10/h11H,4-5H2,1-3H3,(H4,9,10,12). The summed E-state index contributed by atoms with van der Waals surface area (Å²) in [5.74, 6) is 0.187. The van der Waals surface area contributed by atoms with Crippen LogP contribution in [-0.4, -0.2) is 24.6 Å². The van der Waals surface area contributed by atoms with Gasteiger partial charge in [0.1, 0.15) is 0 Å². The van der Waals surface area contributed by atoms with Gasteiger partial charge in [0, 0.05) is 13.1 Å². The van der Waals surface area contributed by atoms with E-state index in [4.69, 9.17) is 11.5 Å². The minimum Gasteiger partial charge on any atom is -0.370 e. The molecule has 0 unspecified atom stereocenters. The van der Waals surface area contributed by atoms with Gasteiger partial charge in [-0.2, -0.15) is 0 Å². The van der Waals surface area contributed by atoms with Gasteiger partial charge in [-0.3, -0.25) is 0 Å². The molecule has 1 heterocycles. The summed E-state index contributed by atoms with van der Waals surface area (Å²) in [5, 5.41) is 3.20. The first-order valence-corrected chi connectivity index (χ1v) is 4.19. The lowest BCUT2D eigenvalue weighted by atomic mass is 9.70. The van der Waals surface area contributed by atoms with Crippen molar-refractivity contribution >= 4 is 5.96 Å². The molecule has 0 amide bonds. The summed E-state index contributed by atoms with van der Waals surface area (Å²) in [7, 11) is 0. The van der Waals surface area contributed by atoms with E-state index < -0.39 is 0 Å². The predicted octanol–water partition coefficient (Wildman–Crippen LogP) is -0.352. The topological polar surface area (TPSA) is 76.4 Å². The lowest BCUT2D eigenvalue weighted by Crippen LogP contribution is -2.65. The highest BCUT2D eigenvalue weighted by molar-refractivity contribution is 5.76. The SMILES string of the molecule is CC(C)(C)C1(N=C(N)N)CNC1. The molecule has 0 aromatic carbocycles. The van der Waals surface area contributed by atoms with E-state index in [9.17, 15) is 0 Å². The van der Waals surface area contributed by atoms with Crippen LogP contribution in [0.1, 0.15) is 20.8 Å². The van der Waals surface area contributed by atoms with Gasteiger partial charge in [-0.1, -0.05) is 20.8 Å². The van der Waals surface area contributed by atoms with Gasteiger partial charge in [-0.25, -0.2) is 4.99 Å². The van der Waals surface area contributed by atoms with E-state index in [1.165, 1.54) is 0 Å². The minimum atomic E-state index is -0.0914. The number of hydrogen-bond donors (Lipinski definition) is 3. The molecule has 0 atom stereocenters.